The lowest BCUT2D eigenvalue weighted by molar-refractivity contribution is -0.176. The lowest BCUT2D eigenvalue weighted by Gasteiger charge is -2.33. The van der Waals surface area contributed by atoms with E-state index in [9.17, 15) is 4.79 Å². The second-order valence-electron chi connectivity index (χ2n) is 4.90. The molecule has 0 aromatic rings. The molecule has 0 spiro atoms. The van der Waals surface area contributed by atoms with Gasteiger partial charge in [0.2, 0.25) is 0 Å². The minimum absolute atomic E-state index is 0.103. The van der Waals surface area contributed by atoms with Gasteiger partial charge in [-0.15, -0.1) is 0 Å². The van der Waals surface area contributed by atoms with Crippen molar-refractivity contribution in [3.05, 3.63) is 9.66 Å². The zero-order valence-electron chi connectivity index (χ0n) is 13.5. The summed E-state index contributed by atoms with van der Waals surface area (Å²) in [6, 6.07) is 3.11. The lowest BCUT2D eigenvalue weighted by Crippen LogP contribution is -2.46. The first-order valence-electron chi connectivity index (χ1n) is 7.17. The maximum Gasteiger partial charge on any atom is 0.274 e. The highest BCUT2D eigenvalue weighted by Crippen LogP contribution is 2.25. The lowest BCUT2D eigenvalue weighted by atomic mass is 10.2. The Labute approximate surface area is 138 Å². The van der Waals surface area contributed by atoms with Crippen molar-refractivity contribution in [2.75, 3.05) is 14.2 Å². The van der Waals surface area contributed by atoms with Crippen LogP contribution in [0.15, 0.2) is 9.66 Å². The first kappa shape index (κ1) is 20.1. The topological polar surface area (TPSA) is 38.8 Å². The molecule has 118 valence electrons. The Morgan fingerprint density at radius 2 is 1.80 bits per heavy atom. The van der Waals surface area contributed by atoms with Crippen LogP contribution in [0, 0.1) is 0 Å². The third-order valence-corrected chi connectivity index (χ3v) is 8.89. The molecule has 0 saturated heterocycles. The summed E-state index contributed by atoms with van der Waals surface area (Å²) in [6.07, 6.45) is 2.22. The second-order valence-corrected chi connectivity index (χ2v) is 11.3. The molecule has 0 heterocycles. The van der Waals surface area contributed by atoms with Crippen LogP contribution in [0.4, 0.5) is 0 Å². The van der Waals surface area contributed by atoms with E-state index >= 15 is 0 Å². The predicted octanol–water partition coefficient (Wildman–Crippen LogP) is 4.13. The van der Waals surface area contributed by atoms with Crippen molar-refractivity contribution >= 4 is 36.8 Å². The van der Waals surface area contributed by atoms with Crippen LogP contribution in [0.1, 0.15) is 34.1 Å². The molecular formula is C14H28INO3Si. The molecule has 0 aliphatic carbocycles. The number of hydroxylamine groups is 2. The van der Waals surface area contributed by atoms with Gasteiger partial charge in [0, 0.05) is 13.5 Å². The van der Waals surface area contributed by atoms with Gasteiger partial charge in [-0.1, -0.05) is 26.8 Å². The average molecular weight is 413 g/mol. The molecule has 0 aromatic heterocycles. The van der Waals surface area contributed by atoms with Crippen LogP contribution in [0.25, 0.3) is 0 Å². The summed E-state index contributed by atoms with van der Waals surface area (Å²) in [5.74, 6) is -0.103. The fourth-order valence-electron chi connectivity index (χ4n) is 2.06. The normalized spacial score (nSPS) is 14.2. The molecule has 1 atom stereocenters. The molecular weight excluding hydrogens is 385 g/mol. The van der Waals surface area contributed by atoms with Gasteiger partial charge >= 0.3 is 0 Å². The molecule has 0 saturated carbocycles. The van der Waals surface area contributed by atoms with Gasteiger partial charge in [0.1, 0.15) is 6.10 Å². The summed E-state index contributed by atoms with van der Waals surface area (Å²) in [4.78, 5) is 17.4. The standard InChI is InChI=1S/C14H28INO3Si/c1-7-20(8-2,9-3)19-13(11-10-12(4)15)14(17)16(5)18-6/h10,13H,7-9,11H2,1-6H3/b12-10-/t13-/m0/s1. The zero-order chi connectivity index (χ0) is 15.8. The minimum atomic E-state index is -1.81. The molecule has 0 aromatic carbocycles. The first-order chi connectivity index (χ1) is 9.35. The summed E-state index contributed by atoms with van der Waals surface area (Å²) in [5.41, 5.74) is 0. The SMILES string of the molecule is CC[Si](CC)(CC)O[C@@H](C/C=C(/C)I)C(=O)N(C)OC. The molecule has 0 rings (SSSR count). The molecule has 1 amide bonds. The van der Waals surface area contributed by atoms with Crippen LogP contribution < -0.4 is 0 Å². The first-order valence-corrected chi connectivity index (χ1v) is 10.8. The number of rotatable bonds is 9. The summed E-state index contributed by atoms with van der Waals surface area (Å²) in [7, 11) is 1.32. The fraction of sp³-hybridized carbons (Fsp3) is 0.786. The molecule has 0 N–H and O–H groups in total. The van der Waals surface area contributed by atoms with Crippen LogP contribution in [0.3, 0.4) is 0 Å². The minimum Gasteiger partial charge on any atom is -0.405 e. The molecule has 0 fully saturated rings. The maximum atomic E-state index is 12.4. The van der Waals surface area contributed by atoms with Crippen LogP contribution in [0.2, 0.25) is 18.1 Å². The molecule has 0 bridgehead atoms. The number of hydrogen-bond donors (Lipinski definition) is 0. The maximum absolute atomic E-state index is 12.4. The van der Waals surface area contributed by atoms with Gasteiger partial charge in [-0.3, -0.25) is 9.63 Å². The zero-order valence-corrected chi connectivity index (χ0v) is 16.7. The van der Waals surface area contributed by atoms with E-state index < -0.39 is 14.4 Å². The molecule has 4 nitrogen and oxygen atoms in total. The molecule has 6 heteroatoms. The van der Waals surface area contributed by atoms with Crippen LogP contribution >= 0.6 is 22.6 Å². The number of allylic oxidation sites excluding steroid dienone is 1. The third kappa shape index (κ3) is 6.24. The van der Waals surface area contributed by atoms with Crippen molar-refractivity contribution in [3.63, 3.8) is 0 Å². The number of nitrogens with zero attached hydrogens (tertiary/aromatic N) is 1. The monoisotopic (exact) mass is 413 g/mol. The van der Waals surface area contributed by atoms with E-state index in [0.717, 1.165) is 18.1 Å². The highest BCUT2D eigenvalue weighted by Gasteiger charge is 2.35. The molecule has 0 aliphatic rings. The Morgan fingerprint density at radius 3 is 2.15 bits per heavy atom. The van der Waals surface area contributed by atoms with Crippen molar-refractivity contribution in [3.8, 4) is 0 Å². The van der Waals surface area contributed by atoms with Gasteiger partial charge in [0.05, 0.1) is 7.11 Å². The fourth-order valence-corrected chi connectivity index (χ4v) is 5.12. The van der Waals surface area contributed by atoms with E-state index in [4.69, 9.17) is 9.26 Å². The second kappa shape index (κ2) is 9.91. The van der Waals surface area contributed by atoms with E-state index in [2.05, 4.69) is 43.4 Å². The Morgan fingerprint density at radius 1 is 1.30 bits per heavy atom. The Balaban J connectivity index is 5.11. The van der Waals surface area contributed by atoms with Gasteiger partial charge in [0.25, 0.3) is 5.91 Å². The number of likely N-dealkylation sites (N-methyl/N-ethyl adjacent to an activating group) is 1. The van der Waals surface area contributed by atoms with Gasteiger partial charge in [-0.2, -0.15) is 0 Å². The van der Waals surface area contributed by atoms with Crippen LogP contribution in [-0.2, 0) is 14.1 Å². The summed E-state index contributed by atoms with van der Waals surface area (Å²) in [6.45, 7) is 8.52. The van der Waals surface area contributed by atoms with E-state index in [1.165, 1.54) is 15.8 Å². The Hall–Kier alpha value is 0.0769. The summed E-state index contributed by atoms with van der Waals surface area (Å²) < 4.78 is 7.51. The number of carbonyl (C=O) groups is 1. The van der Waals surface area contributed by atoms with Gasteiger partial charge < -0.3 is 4.43 Å². The quantitative estimate of drug-likeness (QED) is 0.324. The van der Waals surface area contributed by atoms with Crippen LogP contribution in [-0.4, -0.2) is 39.5 Å². The Kier molecular flexibility index (Phi) is 9.95. The van der Waals surface area contributed by atoms with E-state index in [0.29, 0.717) is 6.42 Å². The smallest absolute Gasteiger partial charge is 0.274 e. The van der Waals surface area contributed by atoms with E-state index in [1.807, 2.05) is 13.0 Å². The highest BCUT2D eigenvalue weighted by atomic mass is 127. The van der Waals surface area contributed by atoms with Gasteiger partial charge in [0.15, 0.2) is 8.32 Å². The summed E-state index contributed by atoms with van der Waals surface area (Å²) in [5, 5.41) is 1.27. The third-order valence-electron chi connectivity index (χ3n) is 3.80. The van der Waals surface area contributed by atoms with Crippen molar-refractivity contribution < 1.29 is 14.1 Å². The van der Waals surface area contributed by atoms with Gasteiger partial charge in [-0.25, -0.2) is 5.06 Å². The molecule has 0 aliphatic heterocycles. The largest absolute Gasteiger partial charge is 0.405 e. The highest BCUT2D eigenvalue weighted by molar-refractivity contribution is 14.1. The molecule has 0 radical (unpaired) electrons. The van der Waals surface area contributed by atoms with Crippen molar-refractivity contribution in [1.29, 1.82) is 0 Å². The summed E-state index contributed by atoms with van der Waals surface area (Å²) >= 11 is 2.25. The number of amides is 1. The van der Waals surface area contributed by atoms with Crippen molar-refractivity contribution in [2.24, 2.45) is 0 Å². The van der Waals surface area contributed by atoms with Gasteiger partial charge in [-0.05, 0) is 51.2 Å². The Bertz CT molecular complexity index is 320. The van der Waals surface area contributed by atoms with E-state index in [1.54, 1.807) is 7.05 Å². The number of halogens is 1. The number of carbonyl (C=O) groups excluding carboxylic acids is 1. The predicted molar refractivity (Wildman–Crippen MR) is 94.2 cm³/mol. The van der Waals surface area contributed by atoms with E-state index in [-0.39, 0.29) is 5.91 Å². The van der Waals surface area contributed by atoms with Crippen molar-refractivity contribution in [1.82, 2.24) is 5.06 Å². The van der Waals surface area contributed by atoms with Crippen LogP contribution in [0.5, 0.6) is 0 Å². The van der Waals surface area contributed by atoms with Crippen molar-refractivity contribution in [2.45, 2.75) is 58.4 Å². The molecule has 0 unspecified atom stereocenters. The number of hydrogen-bond acceptors (Lipinski definition) is 3. The average Bonchev–Trinajstić information content (AvgIpc) is 2.46. The molecule has 20 heavy (non-hydrogen) atoms.